The van der Waals surface area contributed by atoms with E-state index < -0.39 is 54.4 Å². The van der Waals surface area contributed by atoms with Crippen molar-refractivity contribution < 1.29 is 13.7 Å². The number of nitriles is 1. The summed E-state index contributed by atoms with van der Waals surface area (Å²) in [6.07, 6.45) is 0. The molecule has 0 spiro atoms. The van der Waals surface area contributed by atoms with Gasteiger partial charge in [0.1, 0.15) is 6.07 Å². The van der Waals surface area contributed by atoms with E-state index in [0.717, 1.165) is 80.4 Å². The Morgan fingerprint density at radius 3 is 1.59 bits per heavy atom. The molecule has 8 heteroatoms. The van der Waals surface area contributed by atoms with Crippen molar-refractivity contribution in [2.75, 3.05) is 0 Å². The first-order valence-corrected chi connectivity index (χ1v) is 27.8. The maximum absolute atomic E-state index is 13.0. The Morgan fingerprint density at radius 1 is 0.425 bits per heavy atom. The summed E-state index contributed by atoms with van der Waals surface area (Å²) >= 11 is 2.61. The number of rotatable bonds is 4. The molecule has 0 atom stereocenters. The van der Waals surface area contributed by atoms with E-state index in [2.05, 4.69) is 83.0 Å². The van der Waals surface area contributed by atoms with Crippen molar-refractivity contribution in [3.05, 3.63) is 235 Å². The zero-order valence-electron chi connectivity index (χ0n) is 52.9. The van der Waals surface area contributed by atoms with Gasteiger partial charge in [0.05, 0.1) is 102 Å². The van der Waals surface area contributed by atoms with Crippen LogP contribution in [0.4, 0.5) is 5.69 Å². The molecule has 0 aliphatic heterocycles. The van der Waals surface area contributed by atoms with Crippen molar-refractivity contribution in [1.82, 2.24) is 18.3 Å². The molecule has 6 aromatic heterocycles. The van der Waals surface area contributed by atoms with Crippen LogP contribution in [0.3, 0.4) is 0 Å². The molecular weight excluding hydrogens is 1010 g/mol. The fraction of sp³-hybridized carbons (Fsp3) is 0.0556. The van der Waals surface area contributed by atoms with E-state index in [1.54, 1.807) is 11.3 Å². The SMILES string of the molecule is [2H]c1c([2H])c([2H])c2c(sc3c2c([2H])c([2H])c2c4c([2H])c([2H])c([2H])c([2H])c4n(-c4c(C#N)c(-n5c6ccccc6c6ccccc65)c(-n5c6ccc(C(C)(C)C)cc6c6ccc7c8ccccc8sc7c65)c(-n5c6ccccc6c6ccccc65)c4[N+]#[C-])c32)c1[2H]. The van der Waals surface area contributed by atoms with Gasteiger partial charge in [0.25, 0.3) is 0 Å². The minimum absolute atomic E-state index is 0.00389. The molecule has 0 unspecified atom stereocenters. The van der Waals surface area contributed by atoms with Crippen LogP contribution in [-0.2, 0) is 5.41 Å². The van der Waals surface area contributed by atoms with Gasteiger partial charge in [-0.15, -0.1) is 22.7 Å². The van der Waals surface area contributed by atoms with Crippen molar-refractivity contribution in [3.8, 4) is 28.8 Å². The molecule has 0 N–H and O–H groups in total. The van der Waals surface area contributed by atoms with Crippen LogP contribution in [0.2, 0.25) is 0 Å². The number of fused-ring (bicyclic) bond motifs is 20. The molecule has 80 heavy (non-hydrogen) atoms. The van der Waals surface area contributed by atoms with Crippen molar-refractivity contribution >= 4 is 156 Å². The molecule has 11 aromatic carbocycles. The summed E-state index contributed by atoms with van der Waals surface area (Å²) < 4.78 is 105. The summed E-state index contributed by atoms with van der Waals surface area (Å²) in [5.41, 5.74) is 5.90. The fourth-order valence-corrected chi connectivity index (χ4v) is 15.2. The second kappa shape index (κ2) is 16.3. The number of nitrogens with zero attached hydrogens (tertiary/aromatic N) is 6. The Kier molecular flexibility index (Phi) is 7.37. The van der Waals surface area contributed by atoms with Crippen LogP contribution in [0.5, 0.6) is 0 Å². The number of hydrogen-bond donors (Lipinski definition) is 0. The quantitative estimate of drug-likeness (QED) is 0.162. The van der Waals surface area contributed by atoms with Gasteiger partial charge in [-0.1, -0.05) is 178 Å². The van der Waals surface area contributed by atoms with E-state index in [4.69, 9.17) is 7.59 Å². The Bertz CT molecular complexity index is 6060. The van der Waals surface area contributed by atoms with Crippen LogP contribution in [0.25, 0.3) is 155 Å². The first-order chi connectivity index (χ1) is 43.5. The topological polar surface area (TPSA) is 47.9 Å². The van der Waals surface area contributed by atoms with Crippen molar-refractivity contribution in [3.63, 3.8) is 0 Å². The molecule has 0 saturated carbocycles. The van der Waals surface area contributed by atoms with Gasteiger partial charge < -0.3 is 18.3 Å². The maximum atomic E-state index is 13.0. The number of hydrogen-bond acceptors (Lipinski definition) is 3. The van der Waals surface area contributed by atoms with Gasteiger partial charge in [0.15, 0.2) is 0 Å². The third kappa shape index (κ3) is 5.88. The predicted octanol–water partition coefficient (Wildman–Crippen LogP) is 20.5. The third-order valence-corrected chi connectivity index (χ3v) is 18.6. The van der Waals surface area contributed by atoms with Crippen LogP contribution in [0, 0.1) is 17.9 Å². The Labute approximate surface area is 480 Å². The highest BCUT2D eigenvalue weighted by Crippen LogP contribution is 2.54. The summed E-state index contributed by atoms with van der Waals surface area (Å²) in [5.74, 6) is 0. The Balaban J connectivity index is 1.24. The number of aromatic nitrogens is 4. The largest absolute Gasteiger partial charge is 0.317 e. The molecule has 374 valence electrons. The van der Waals surface area contributed by atoms with Crippen LogP contribution < -0.4 is 0 Å². The molecule has 0 bridgehead atoms. The number of thiophene rings is 2. The summed E-state index contributed by atoms with van der Waals surface area (Å²) in [6, 6.07) is 48.7. The monoisotopic (exact) mass is 1070 g/mol. The second-order valence-corrected chi connectivity index (χ2v) is 23.5. The van der Waals surface area contributed by atoms with E-state index in [9.17, 15) is 22.8 Å². The zero-order chi connectivity index (χ0) is 62.0. The average Bonchev–Trinajstić information content (AvgIpc) is 1.48. The highest BCUT2D eigenvalue weighted by atomic mass is 32.1. The molecule has 0 saturated heterocycles. The van der Waals surface area contributed by atoms with Gasteiger partial charge in [-0.3, -0.25) is 0 Å². The fourth-order valence-electron chi connectivity index (χ4n) is 12.9. The average molecular weight is 1070 g/mol. The number of para-hydroxylation sites is 5. The lowest BCUT2D eigenvalue weighted by Crippen LogP contribution is -2.15. The summed E-state index contributed by atoms with van der Waals surface area (Å²) in [4.78, 5) is 4.70. The van der Waals surface area contributed by atoms with E-state index in [1.165, 1.54) is 4.57 Å². The molecule has 0 aliphatic rings. The molecule has 0 fully saturated rings. The normalized spacial score (nSPS) is 14.2. The van der Waals surface area contributed by atoms with Gasteiger partial charge in [-0.2, -0.15) is 5.26 Å². The zero-order valence-corrected chi connectivity index (χ0v) is 44.6. The number of benzene rings is 11. The second-order valence-electron chi connectivity index (χ2n) is 21.4. The molecule has 0 aliphatic carbocycles. The lowest BCUT2D eigenvalue weighted by molar-refractivity contribution is 0.591. The van der Waals surface area contributed by atoms with Crippen LogP contribution in [0.1, 0.15) is 45.6 Å². The van der Waals surface area contributed by atoms with Gasteiger partial charge in [0.2, 0.25) is 5.69 Å². The highest BCUT2D eigenvalue weighted by Gasteiger charge is 2.36. The third-order valence-electron chi connectivity index (χ3n) is 16.3. The molecule has 17 aromatic rings. The molecule has 6 heterocycles. The van der Waals surface area contributed by atoms with Crippen LogP contribution >= 0.6 is 22.7 Å². The first kappa shape index (κ1) is 36.2. The van der Waals surface area contributed by atoms with E-state index in [1.807, 2.05) is 109 Å². The van der Waals surface area contributed by atoms with Gasteiger partial charge >= 0.3 is 0 Å². The minimum atomic E-state index is -0.627. The molecule has 17 rings (SSSR count). The maximum Gasteiger partial charge on any atom is 0.237 e. The van der Waals surface area contributed by atoms with E-state index in [-0.39, 0.29) is 70.4 Å². The summed E-state index contributed by atoms with van der Waals surface area (Å²) in [6.45, 7) is 16.6. The summed E-state index contributed by atoms with van der Waals surface area (Å²) in [5, 5.41) is 20.1. The van der Waals surface area contributed by atoms with Gasteiger partial charge in [-0.05, 0) is 65.5 Å². The lowest BCUT2D eigenvalue weighted by Gasteiger charge is -2.27. The first-order valence-electron chi connectivity index (χ1n) is 31.2. The van der Waals surface area contributed by atoms with E-state index in [0.29, 0.717) is 39.1 Å². The minimum Gasteiger partial charge on any atom is -0.317 e. The Morgan fingerprint density at radius 2 is 0.938 bits per heavy atom. The van der Waals surface area contributed by atoms with Crippen LogP contribution in [0.15, 0.2) is 212 Å². The van der Waals surface area contributed by atoms with Gasteiger partial charge in [0, 0.05) is 74.0 Å². The Hall–Kier alpha value is -9.96. The van der Waals surface area contributed by atoms with Crippen LogP contribution in [-0.4, -0.2) is 18.3 Å². The lowest BCUT2D eigenvalue weighted by atomic mass is 9.86. The highest BCUT2D eigenvalue weighted by molar-refractivity contribution is 7.27. The van der Waals surface area contributed by atoms with Crippen molar-refractivity contribution in [1.29, 1.82) is 5.26 Å². The van der Waals surface area contributed by atoms with Crippen molar-refractivity contribution in [2.45, 2.75) is 26.2 Å². The predicted molar refractivity (Wildman–Crippen MR) is 339 cm³/mol. The van der Waals surface area contributed by atoms with Gasteiger partial charge in [-0.25, -0.2) is 4.85 Å². The molecule has 0 radical (unpaired) electrons. The molecule has 6 nitrogen and oxygen atoms in total. The van der Waals surface area contributed by atoms with Crippen molar-refractivity contribution in [2.24, 2.45) is 0 Å². The smallest absolute Gasteiger partial charge is 0.237 e. The van der Waals surface area contributed by atoms with E-state index >= 15 is 0 Å². The molecular formula is C72H44N6S2. The summed E-state index contributed by atoms with van der Waals surface area (Å²) in [7, 11) is 0. The molecule has 0 amide bonds. The standard InChI is InChI=1S/C72H44N6S2/c1-72(2,3)41-33-38-60-53(39-41)50-35-37-52-48-25-11-18-32-62(48)80-71(52)67(50)78(60)69-65(75-55-26-12-5-19-42(55)43-20-6-13-27-56(43)75)54(40-73)64(63(74-4)68(69)76-57-28-14-7-21-44(57)45-22-8-15-29-58(45)76)77-59-30-16-9-23-46(59)49-34-36-51-47-24-10-17-31-61(47)79-70(51)66(49)77/h5-39H,1-3H3/i9D,10D,16D,17D,23D,24D,30D,31D,34D,36D.